The predicted octanol–water partition coefficient (Wildman–Crippen LogP) is 3.22. The molecule has 1 atom stereocenters. The first-order chi connectivity index (χ1) is 14.5. The zero-order valence-electron chi connectivity index (χ0n) is 17.6. The number of aryl methyl sites for hydroxylation is 1. The van der Waals surface area contributed by atoms with Crippen LogP contribution in [-0.2, 0) is 16.1 Å². The third-order valence-electron chi connectivity index (χ3n) is 4.62. The predicted molar refractivity (Wildman–Crippen MR) is 130 cm³/mol. The van der Waals surface area contributed by atoms with Crippen LogP contribution in [0.15, 0.2) is 47.5 Å². The third kappa shape index (κ3) is 7.98. The van der Waals surface area contributed by atoms with Gasteiger partial charge in [0.15, 0.2) is 5.96 Å². The summed E-state index contributed by atoms with van der Waals surface area (Å²) in [4.78, 5) is 16.2. The normalized spacial score (nSPS) is 15.7. The summed E-state index contributed by atoms with van der Waals surface area (Å²) in [6, 6.07) is 11.7. The number of guanidine groups is 1. The average molecular weight is 542 g/mol. The van der Waals surface area contributed by atoms with Gasteiger partial charge in [0.2, 0.25) is 5.91 Å². The van der Waals surface area contributed by atoms with Crippen LogP contribution in [0.2, 0.25) is 0 Å². The van der Waals surface area contributed by atoms with E-state index in [4.69, 9.17) is 9.47 Å². The summed E-state index contributed by atoms with van der Waals surface area (Å²) in [5.41, 5.74) is 2.64. The van der Waals surface area contributed by atoms with E-state index in [0.29, 0.717) is 24.8 Å². The number of carbonyl (C=O) groups is 1. The topological polar surface area (TPSA) is 84.0 Å². The Balaban J connectivity index is 0.00000341. The third-order valence-corrected chi connectivity index (χ3v) is 4.62. The van der Waals surface area contributed by atoms with Crippen LogP contribution >= 0.6 is 24.0 Å². The average Bonchev–Trinajstić information content (AvgIpc) is 3.24. The van der Waals surface area contributed by atoms with E-state index in [-0.39, 0.29) is 48.3 Å². The van der Waals surface area contributed by atoms with Gasteiger partial charge < -0.3 is 25.4 Å². The number of hydrogen-bond donors (Lipinski definition) is 3. The zero-order valence-corrected chi connectivity index (χ0v) is 19.9. The molecule has 1 fully saturated rings. The van der Waals surface area contributed by atoms with Crippen molar-refractivity contribution in [2.75, 3.05) is 32.1 Å². The maximum Gasteiger partial charge on any atom is 0.243 e. The molecule has 31 heavy (non-hydrogen) atoms. The summed E-state index contributed by atoms with van der Waals surface area (Å²) in [7, 11) is 1.63. The van der Waals surface area contributed by atoms with Crippen molar-refractivity contribution in [3.63, 3.8) is 0 Å². The van der Waals surface area contributed by atoms with Crippen molar-refractivity contribution in [2.45, 2.75) is 26.0 Å². The number of halogens is 2. The lowest BCUT2D eigenvalue weighted by atomic mass is 10.1. The highest BCUT2D eigenvalue weighted by atomic mass is 127. The summed E-state index contributed by atoms with van der Waals surface area (Å²) in [5.74, 6) is 0.697. The smallest absolute Gasteiger partial charge is 0.243 e. The van der Waals surface area contributed by atoms with Crippen LogP contribution < -0.4 is 20.7 Å². The molecular formula is C22H28FIN4O3. The van der Waals surface area contributed by atoms with E-state index in [2.05, 4.69) is 20.9 Å². The molecule has 7 nitrogen and oxygen atoms in total. The first kappa shape index (κ1) is 24.9. The summed E-state index contributed by atoms with van der Waals surface area (Å²) in [5, 5.41) is 8.86. The number of aliphatic imine (C=N–C) groups is 1. The van der Waals surface area contributed by atoms with E-state index >= 15 is 0 Å². The van der Waals surface area contributed by atoms with Crippen LogP contribution in [-0.4, -0.2) is 44.8 Å². The van der Waals surface area contributed by atoms with E-state index in [1.807, 2.05) is 25.1 Å². The maximum absolute atomic E-state index is 12.9. The molecule has 1 amide bonds. The molecule has 1 heterocycles. The fourth-order valence-electron chi connectivity index (χ4n) is 3.00. The molecule has 2 aromatic rings. The van der Waals surface area contributed by atoms with Crippen LogP contribution in [0.1, 0.15) is 17.5 Å². The number of anilines is 1. The van der Waals surface area contributed by atoms with Crippen molar-refractivity contribution in [1.29, 1.82) is 0 Å². The van der Waals surface area contributed by atoms with Crippen molar-refractivity contribution in [1.82, 2.24) is 10.6 Å². The quantitative estimate of drug-likeness (QED) is 0.285. The van der Waals surface area contributed by atoms with Gasteiger partial charge in [-0.3, -0.25) is 9.79 Å². The number of amides is 1. The van der Waals surface area contributed by atoms with Crippen LogP contribution in [0.4, 0.5) is 10.1 Å². The van der Waals surface area contributed by atoms with Gasteiger partial charge in [-0.15, -0.1) is 24.0 Å². The van der Waals surface area contributed by atoms with Crippen LogP contribution in [0.3, 0.4) is 0 Å². The Labute approximate surface area is 198 Å². The summed E-state index contributed by atoms with van der Waals surface area (Å²) in [6.45, 7) is 3.86. The molecule has 0 saturated carbocycles. The zero-order chi connectivity index (χ0) is 21.3. The van der Waals surface area contributed by atoms with Crippen molar-refractivity contribution >= 4 is 41.5 Å². The maximum atomic E-state index is 12.9. The fourth-order valence-corrected chi connectivity index (χ4v) is 3.00. The molecule has 1 aliphatic heterocycles. The molecule has 1 saturated heterocycles. The summed E-state index contributed by atoms with van der Waals surface area (Å²) < 4.78 is 24.4. The molecule has 1 aliphatic rings. The van der Waals surface area contributed by atoms with E-state index in [1.165, 1.54) is 24.3 Å². The molecule has 1 unspecified atom stereocenters. The number of nitrogens with zero attached hydrogens (tertiary/aromatic N) is 1. The Morgan fingerprint density at radius 3 is 2.68 bits per heavy atom. The van der Waals surface area contributed by atoms with Gasteiger partial charge in [-0.2, -0.15) is 0 Å². The SMILES string of the molecule is CN=C(NCC(=O)Nc1ccc(F)cc1)NCc1ccc(C)cc1OC1CCOC1.I. The van der Waals surface area contributed by atoms with Crippen LogP contribution in [0, 0.1) is 12.7 Å². The number of rotatable bonds is 7. The minimum atomic E-state index is -0.351. The summed E-state index contributed by atoms with van der Waals surface area (Å²) >= 11 is 0. The Kier molecular flexibility index (Phi) is 9.99. The second-order valence-corrected chi connectivity index (χ2v) is 7.05. The highest BCUT2D eigenvalue weighted by Crippen LogP contribution is 2.23. The lowest BCUT2D eigenvalue weighted by Crippen LogP contribution is -2.41. The summed E-state index contributed by atoms with van der Waals surface area (Å²) in [6.07, 6.45) is 0.950. The lowest BCUT2D eigenvalue weighted by molar-refractivity contribution is -0.115. The molecule has 3 N–H and O–H groups in total. The Morgan fingerprint density at radius 1 is 1.23 bits per heavy atom. The molecular weight excluding hydrogens is 514 g/mol. The molecule has 0 bridgehead atoms. The number of carbonyl (C=O) groups excluding carboxylic acids is 1. The van der Waals surface area contributed by atoms with Crippen molar-refractivity contribution in [3.8, 4) is 5.75 Å². The molecule has 0 spiro atoms. The van der Waals surface area contributed by atoms with Crippen molar-refractivity contribution < 1.29 is 18.7 Å². The molecule has 3 rings (SSSR count). The van der Waals surface area contributed by atoms with Gasteiger partial charge in [0, 0.05) is 31.3 Å². The molecule has 168 valence electrons. The fraction of sp³-hybridized carbons (Fsp3) is 0.364. The molecule has 9 heteroatoms. The standard InChI is InChI=1S/C22H27FN4O3.HI/c1-15-3-4-16(20(11-15)30-19-9-10-29-14-19)12-25-22(24-2)26-13-21(28)27-18-7-5-17(23)6-8-18;/h3-8,11,19H,9-10,12-14H2,1-2H3,(H,27,28)(H2,24,25,26);1H. The second kappa shape index (κ2) is 12.5. The van der Waals surface area contributed by atoms with Crippen LogP contribution in [0.5, 0.6) is 5.75 Å². The minimum absolute atomic E-state index is 0. The minimum Gasteiger partial charge on any atom is -0.488 e. The number of benzene rings is 2. The van der Waals surface area contributed by atoms with Crippen LogP contribution in [0.25, 0.3) is 0 Å². The number of ether oxygens (including phenoxy) is 2. The first-order valence-electron chi connectivity index (χ1n) is 9.87. The van der Waals surface area contributed by atoms with E-state index in [1.54, 1.807) is 7.05 Å². The number of nitrogens with one attached hydrogen (secondary N) is 3. The monoisotopic (exact) mass is 542 g/mol. The highest BCUT2D eigenvalue weighted by Gasteiger charge is 2.18. The Morgan fingerprint density at radius 2 is 2.00 bits per heavy atom. The lowest BCUT2D eigenvalue weighted by Gasteiger charge is -2.18. The van der Waals surface area contributed by atoms with Gasteiger partial charge in [-0.05, 0) is 42.8 Å². The Hall–Kier alpha value is -2.40. The van der Waals surface area contributed by atoms with E-state index < -0.39 is 0 Å². The second-order valence-electron chi connectivity index (χ2n) is 7.05. The van der Waals surface area contributed by atoms with Gasteiger partial charge in [0.1, 0.15) is 17.7 Å². The molecule has 2 aromatic carbocycles. The van der Waals surface area contributed by atoms with Gasteiger partial charge in [-0.1, -0.05) is 12.1 Å². The highest BCUT2D eigenvalue weighted by molar-refractivity contribution is 14.0. The van der Waals surface area contributed by atoms with Gasteiger partial charge in [-0.25, -0.2) is 4.39 Å². The van der Waals surface area contributed by atoms with Gasteiger partial charge >= 0.3 is 0 Å². The van der Waals surface area contributed by atoms with E-state index in [9.17, 15) is 9.18 Å². The number of hydrogen-bond acceptors (Lipinski definition) is 4. The van der Waals surface area contributed by atoms with Gasteiger partial charge in [0.05, 0.1) is 19.8 Å². The van der Waals surface area contributed by atoms with Crippen molar-refractivity contribution in [2.24, 2.45) is 4.99 Å². The molecule has 0 aromatic heterocycles. The van der Waals surface area contributed by atoms with Crippen molar-refractivity contribution in [3.05, 3.63) is 59.4 Å². The molecule has 0 aliphatic carbocycles. The largest absolute Gasteiger partial charge is 0.488 e. The van der Waals surface area contributed by atoms with Gasteiger partial charge in [0.25, 0.3) is 0 Å². The molecule has 0 radical (unpaired) electrons. The van der Waals surface area contributed by atoms with E-state index in [0.717, 1.165) is 29.9 Å². The first-order valence-corrected chi connectivity index (χ1v) is 9.87. The Bertz CT molecular complexity index is 887.